The Morgan fingerprint density at radius 1 is 1.04 bits per heavy atom. The van der Waals surface area contributed by atoms with Gasteiger partial charge in [0.05, 0.1) is 6.10 Å². The summed E-state index contributed by atoms with van der Waals surface area (Å²) in [6.45, 7) is 1.74. The van der Waals surface area contributed by atoms with Gasteiger partial charge >= 0.3 is 11.9 Å². The first-order valence-corrected chi connectivity index (χ1v) is 9.61. The summed E-state index contributed by atoms with van der Waals surface area (Å²) in [5.74, 6) is 1.45. The van der Waals surface area contributed by atoms with E-state index in [1.807, 2.05) is 0 Å². The van der Waals surface area contributed by atoms with E-state index < -0.39 is 23.6 Å². The molecule has 6 unspecified atom stereocenters. The molecule has 0 aromatic rings. The van der Waals surface area contributed by atoms with Crippen molar-refractivity contribution >= 4 is 11.9 Å². The van der Waals surface area contributed by atoms with E-state index in [1.54, 1.807) is 6.92 Å². The molecule has 0 spiro atoms. The molecule has 0 aromatic carbocycles. The average Bonchev–Trinajstić information content (AvgIpc) is 3.28. The molecule has 4 aliphatic carbocycles. The van der Waals surface area contributed by atoms with Crippen LogP contribution in [0, 0.1) is 29.1 Å². The summed E-state index contributed by atoms with van der Waals surface area (Å²) in [5.41, 5.74) is -1.34. The van der Waals surface area contributed by atoms with Crippen molar-refractivity contribution < 1.29 is 24.2 Å². The molecule has 5 nitrogen and oxygen atoms in total. The molecule has 0 amide bonds. The van der Waals surface area contributed by atoms with Crippen molar-refractivity contribution in [3.8, 4) is 0 Å². The van der Waals surface area contributed by atoms with E-state index in [1.165, 1.54) is 25.7 Å². The van der Waals surface area contributed by atoms with E-state index in [4.69, 9.17) is 9.47 Å². The van der Waals surface area contributed by atoms with Crippen LogP contribution in [0.25, 0.3) is 0 Å². The number of hydrogen-bond donors (Lipinski definition) is 1. The molecule has 2 bridgehead atoms. The average molecular weight is 336 g/mol. The fourth-order valence-corrected chi connectivity index (χ4v) is 6.18. The maximum absolute atomic E-state index is 12.5. The normalized spacial score (nSPS) is 40.5. The minimum atomic E-state index is -1.34. The molecule has 4 fully saturated rings. The van der Waals surface area contributed by atoms with E-state index in [2.05, 4.69) is 0 Å². The Morgan fingerprint density at radius 2 is 1.75 bits per heavy atom. The fourth-order valence-electron chi connectivity index (χ4n) is 6.18. The van der Waals surface area contributed by atoms with Crippen LogP contribution in [0.15, 0.2) is 0 Å². The molecule has 134 valence electrons. The molecule has 0 aromatic heterocycles. The molecule has 6 atom stereocenters. The number of carboxylic acid groups (broad SMARTS) is 1. The second-order valence-corrected chi connectivity index (χ2v) is 8.40. The van der Waals surface area contributed by atoms with Gasteiger partial charge in [0.1, 0.15) is 0 Å². The van der Waals surface area contributed by atoms with E-state index >= 15 is 0 Å². The van der Waals surface area contributed by atoms with Crippen LogP contribution in [-0.2, 0) is 19.1 Å². The quantitative estimate of drug-likeness (QED) is 0.473. The zero-order valence-electron chi connectivity index (χ0n) is 14.4. The molecule has 0 aliphatic heterocycles. The Labute approximate surface area is 143 Å². The van der Waals surface area contributed by atoms with Crippen LogP contribution in [0.2, 0.25) is 0 Å². The van der Waals surface area contributed by atoms with Gasteiger partial charge in [-0.2, -0.15) is 0 Å². The lowest BCUT2D eigenvalue weighted by molar-refractivity contribution is -0.204. The molecule has 24 heavy (non-hydrogen) atoms. The number of fused-ring (bicyclic) bond motifs is 5. The lowest BCUT2D eigenvalue weighted by atomic mass is 9.80. The Balaban J connectivity index is 1.35. The van der Waals surface area contributed by atoms with Gasteiger partial charge in [-0.05, 0) is 69.1 Å². The smallest absolute Gasteiger partial charge is 0.325 e. The molecule has 0 heterocycles. The first-order valence-electron chi connectivity index (χ1n) is 9.61. The highest BCUT2D eigenvalue weighted by atomic mass is 16.7. The van der Waals surface area contributed by atoms with Gasteiger partial charge in [0.15, 0.2) is 11.7 Å². The predicted octanol–water partition coefficient (Wildman–Crippen LogP) is 3.36. The minimum absolute atomic E-state index is 0.182. The molecular weight excluding hydrogens is 308 g/mol. The number of carbonyl (C=O) groups excluding carboxylic acids is 1. The van der Waals surface area contributed by atoms with Crippen molar-refractivity contribution in [2.24, 2.45) is 29.1 Å². The Morgan fingerprint density at radius 3 is 2.46 bits per heavy atom. The van der Waals surface area contributed by atoms with Crippen LogP contribution in [-0.4, -0.2) is 29.4 Å². The van der Waals surface area contributed by atoms with Crippen LogP contribution in [0.1, 0.15) is 64.7 Å². The number of hydrogen-bond acceptors (Lipinski definition) is 4. The van der Waals surface area contributed by atoms with Crippen LogP contribution in [0.4, 0.5) is 0 Å². The molecule has 0 saturated heterocycles. The summed E-state index contributed by atoms with van der Waals surface area (Å²) in [6, 6.07) is 0. The monoisotopic (exact) mass is 336 g/mol. The molecule has 1 N–H and O–H groups in total. The van der Waals surface area contributed by atoms with Gasteiger partial charge in [0.25, 0.3) is 0 Å². The molecule has 4 saturated carbocycles. The molecule has 0 radical (unpaired) electrons. The third kappa shape index (κ3) is 2.47. The first kappa shape index (κ1) is 16.4. The van der Waals surface area contributed by atoms with Gasteiger partial charge in [-0.1, -0.05) is 19.3 Å². The summed E-state index contributed by atoms with van der Waals surface area (Å²) >= 11 is 0. The van der Waals surface area contributed by atoms with Gasteiger partial charge in [-0.15, -0.1) is 0 Å². The first-order chi connectivity index (χ1) is 11.5. The Bertz CT molecular complexity index is 524. The molecule has 4 rings (SSSR count). The van der Waals surface area contributed by atoms with Gasteiger partial charge in [-0.3, -0.25) is 9.59 Å². The lowest BCUT2D eigenvalue weighted by Gasteiger charge is -2.33. The Hall–Kier alpha value is -1.10. The topological polar surface area (TPSA) is 72.8 Å². The summed E-state index contributed by atoms with van der Waals surface area (Å²) in [6.07, 6.45) is 8.22. The van der Waals surface area contributed by atoms with Gasteiger partial charge in [0.2, 0.25) is 0 Å². The number of carboxylic acids is 1. The highest BCUT2D eigenvalue weighted by molar-refractivity contribution is 5.99. The molecule has 5 heteroatoms. The minimum Gasteiger partial charge on any atom is -0.480 e. The van der Waals surface area contributed by atoms with Crippen molar-refractivity contribution in [1.29, 1.82) is 0 Å². The maximum atomic E-state index is 12.5. The summed E-state index contributed by atoms with van der Waals surface area (Å²) in [5, 5.41) is 9.48. The molecular formula is C19H28O5. The van der Waals surface area contributed by atoms with Crippen LogP contribution >= 0.6 is 0 Å². The van der Waals surface area contributed by atoms with Crippen molar-refractivity contribution in [1.82, 2.24) is 0 Å². The highest BCUT2D eigenvalue weighted by Crippen LogP contribution is 2.59. The SMILES string of the molecule is CC(OC(=O)C1(C(=O)O)CCCC1)OC1CC2CC1C1CCCC21. The zero-order valence-corrected chi connectivity index (χ0v) is 14.4. The van der Waals surface area contributed by atoms with Crippen molar-refractivity contribution in [2.45, 2.75) is 77.1 Å². The number of esters is 1. The van der Waals surface area contributed by atoms with Gasteiger partial charge in [0, 0.05) is 0 Å². The maximum Gasteiger partial charge on any atom is 0.325 e. The number of ether oxygens (including phenoxy) is 2. The van der Waals surface area contributed by atoms with E-state index in [0.29, 0.717) is 18.8 Å². The van der Waals surface area contributed by atoms with Crippen LogP contribution < -0.4 is 0 Å². The number of aliphatic carboxylic acids is 1. The standard InChI is InChI=1S/C19H28O5/c1-11(24-18(22)19(17(20)21)7-2-3-8-19)23-16-10-12-9-15(16)14-6-4-5-13(12)14/h11-16H,2-10H2,1H3,(H,20,21). The second-order valence-electron chi connectivity index (χ2n) is 8.40. The third-order valence-corrected chi connectivity index (χ3v) is 7.26. The van der Waals surface area contributed by atoms with E-state index in [9.17, 15) is 14.7 Å². The summed E-state index contributed by atoms with van der Waals surface area (Å²) < 4.78 is 11.5. The fraction of sp³-hybridized carbons (Fsp3) is 0.895. The Kier molecular flexibility index (Phi) is 4.10. The number of carbonyl (C=O) groups is 2. The van der Waals surface area contributed by atoms with Gasteiger partial charge in [-0.25, -0.2) is 0 Å². The van der Waals surface area contributed by atoms with E-state index in [-0.39, 0.29) is 6.10 Å². The van der Waals surface area contributed by atoms with E-state index in [0.717, 1.165) is 37.0 Å². The van der Waals surface area contributed by atoms with Gasteiger partial charge < -0.3 is 14.6 Å². The van der Waals surface area contributed by atoms with Crippen LogP contribution in [0.5, 0.6) is 0 Å². The summed E-state index contributed by atoms with van der Waals surface area (Å²) in [4.78, 5) is 24.0. The largest absolute Gasteiger partial charge is 0.480 e. The summed E-state index contributed by atoms with van der Waals surface area (Å²) in [7, 11) is 0. The van der Waals surface area contributed by atoms with Crippen molar-refractivity contribution in [3.05, 3.63) is 0 Å². The third-order valence-electron chi connectivity index (χ3n) is 7.26. The zero-order chi connectivity index (χ0) is 16.9. The molecule has 4 aliphatic rings. The van der Waals surface area contributed by atoms with Crippen molar-refractivity contribution in [3.63, 3.8) is 0 Å². The second kappa shape index (κ2) is 6.01. The van der Waals surface area contributed by atoms with Crippen molar-refractivity contribution in [2.75, 3.05) is 0 Å². The predicted molar refractivity (Wildman–Crippen MR) is 86.0 cm³/mol. The van der Waals surface area contributed by atoms with Crippen LogP contribution in [0.3, 0.4) is 0 Å². The lowest BCUT2D eigenvalue weighted by Crippen LogP contribution is -2.41. The number of rotatable bonds is 5. The highest BCUT2D eigenvalue weighted by Gasteiger charge is 2.55.